The topological polar surface area (TPSA) is 93.9 Å². The van der Waals surface area contributed by atoms with Crippen molar-refractivity contribution in [1.82, 2.24) is 20.5 Å². The summed E-state index contributed by atoms with van der Waals surface area (Å²) in [5, 5.41) is 9.59. The summed E-state index contributed by atoms with van der Waals surface area (Å²) in [5.41, 5.74) is -1.12. The SMILES string of the molecule is CC1(C)C2CNCC2CN1c1n[nH]c(=O)[nH]c1=O. The molecule has 98 valence electrons. The molecule has 18 heavy (non-hydrogen) atoms. The number of hydrogen-bond donors (Lipinski definition) is 3. The summed E-state index contributed by atoms with van der Waals surface area (Å²) in [7, 11) is 0. The molecule has 2 atom stereocenters. The van der Waals surface area contributed by atoms with Gasteiger partial charge in [0.2, 0.25) is 5.82 Å². The van der Waals surface area contributed by atoms with Crippen LogP contribution in [0, 0.1) is 11.8 Å². The van der Waals surface area contributed by atoms with Crippen molar-refractivity contribution in [2.45, 2.75) is 19.4 Å². The molecule has 2 aliphatic rings. The van der Waals surface area contributed by atoms with Gasteiger partial charge >= 0.3 is 5.69 Å². The second-order valence-corrected chi connectivity index (χ2v) is 5.62. The van der Waals surface area contributed by atoms with Crippen LogP contribution in [0.25, 0.3) is 0 Å². The standard InChI is InChI=1S/C11H17N5O2/c1-11(2)7-4-12-3-6(7)5-16(11)8-9(17)13-10(18)15-14-8/h6-7,12H,3-5H2,1-2H3,(H2,13,15,17,18). The fraction of sp³-hybridized carbons (Fsp3) is 0.727. The van der Waals surface area contributed by atoms with Crippen molar-refractivity contribution in [3.8, 4) is 0 Å². The van der Waals surface area contributed by atoms with Gasteiger partial charge in [-0.3, -0.25) is 9.78 Å². The Morgan fingerprint density at radius 1 is 1.33 bits per heavy atom. The summed E-state index contributed by atoms with van der Waals surface area (Å²) in [6.45, 7) is 6.99. The van der Waals surface area contributed by atoms with Crippen molar-refractivity contribution in [2.75, 3.05) is 24.5 Å². The summed E-state index contributed by atoms with van der Waals surface area (Å²) < 4.78 is 0. The molecule has 7 heteroatoms. The lowest BCUT2D eigenvalue weighted by Gasteiger charge is -2.35. The van der Waals surface area contributed by atoms with Crippen molar-refractivity contribution in [3.05, 3.63) is 20.8 Å². The Labute approximate surface area is 104 Å². The molecule has 0 spiro atoms. The molecule has 1 aromatic rings. The molecule has 0 saturated carbocycles. The number of aromatic nitrogens is 3. The van der Waals surface area contributed by atoms with E-state index in [1.54, 1.807) is 0 Å². The van der Waals surface area contributed by atoms with Gasteiger partial charge in [0.25, 0.3) is 5.56 Å². The quantitative estimate of drug-likeness (QED) is 0.588. The minimum atomic E-state index is -0.567. The number of anilines is 1. The van der Waals surface area contributed by atoms with Crippen LogP contribution in [0.4, 0.5) is 5.82 Å². The molecular weight excluding hydrogens is 234 g/mol. The Bertz CT molecular complexity index is 575. The molecule has 0 radical (unpaired) electrons. The number of H-pyrrole nitrogens is 2. The van der Waals surface area contributed by atoms with E-state index in [9.17, 15) is 9.59 Å². The van der Waals surface area contributed by atoms with Crippen LogP contribution in [0.5, 0.6) is 0 Å². The van der Waals surface area contributed by atoms with E-state index in [2.05, 4.69) is 34.3 Å². The minimum Gasteiger partial charge on any atom is -0.345 e. The first-order valence-corrected chi connectivity index (χ1v) is 6.17. The zero-order valence-electron chi connectivity index (χ0n) is 10.5. The molecule has 0 aliphatic carbocycles. The average Bonchev–Trinajstić information content (AvgIpc) is 2.82. The largest absolute Gasteiger partial charge is 0.345 e. The molecule has 2 fully saturated rings. The van der Waals surface area contributed by atoms with E-state index in [1.807, 2.05) is 4.90 Å². The normalized spacial score (nSPS) is 29.6. The highest BCUT2D eigenvalue weighted by Crippen LogP contribution is 2.41. The Morgan fingerprint density at radius 2 is 2.11 bits per heavy atom. The van der Waals surface area contributed by atoms with Crippen LogP contribution < -0.4 is 21.5 Å². The highest BCUT2D eigenvalue weighted by atomic mass is 16.2. The summed E-state index contributed by atoms with van der Waals surface area (Å²) in [6, 6.07) is 0. The van der Waals surface area contributed by atoms with Crippen LogP contribution in [0.2, 0.25) is 0 Å². The van der Waals surface area contributed by atoms with E-state index in [-0.39, 0.29) is 5.54 Å². The van der Waals surface area contributed by atoms with Crippen molar-refractivity contribution >= 4 is 5.82 Å². The molecule has 3 rings (SSSR count). The van der Waals surface area contributed by atoms with Crippen molar-refractivity contribution in [2.24, 2.45) is 11.8 Å². The Morgan fingerprint density at radius 3 is 2.78 bits per heavy atom. The molecule has 2 saturated heterocycles. The van der Waals surface area contributed by atoms with Gasteiger partial charge < -0.3 is 10.2 Å². The van der Waals surface area contributed by atoms with Crippen LogP contribution in [0.3, 0.4) is 0 Å². The van der Waals surface area contributed by atoms with E-state index in [1.165, 1.54) is 0 Å². The molecular formula is C11H17N5O2. The van der Waals surface area contributed by atoms with E-state index >= 15 is 0 Å². The predicted molar refractivity (Wildman–Crippen MR) is 66.8 cm³/mol. The molecule has 0 amide bonds. The van der Waals surface area contributed by atoms with Gasteiger partial charge in [-0.1, -0.05) is 0 Å². The summed E-state index contributed by atoms with van der Waals surface area (Å²) in [5.74, 6) is 1.35. The smallest absolute Gasteiger partial charge is 0.342 e. The highest BCUT2D eigenvalue weighted by Gasteiger charge is 2.50. The van der Waals surface area contributed by atoms with Crippen molar-refractivity contribution < 1.29 is 0 Å². The Kier molecular flexibility index (Phi) is 2.34. The lowest BCUT2D eigenvalue weighted by atomic mass is 9.85. The van der Waals surface area contributed by atoms with E-state index in [0.717, 1.165) is 19.6 Å². The molecule has 3 N–H and O–H groups in total. The summed E-state index contributed by atoms with van der Waals surface area (Å²) >= 11 is 0. The van der Waals surface area contributed by atoms with Gasteiger partial charge in [-0.15, -0.1) is 5.10 Å². The van der Waals surface area contributed by atoms with Gasteiger partial charge in [-0.2, -0.15) is 0 Å². The molecule has 0 aromatic carbocycles. The lowest BCUT2D eigenvalue weighted by molar-refractivity contribution is 0.355. The maximum atomic E-state index is 11.8. The van der Waals surface area contributed by atoms with E-state index in [0.29, 0.717) is 17.7 Å². The Balaban J connectivity index is 2.03. The van der Waals surface area contributed by atoms with Gasteiger partial charge in [0.1, 0.15) is 0 Å². The average molecular weight is 251 g/mol. The Hall–Kier alpha value is -1.63. The van der Waals surface area contributed by atoms with Gasteiger partial charge in [0.15, 0.2) is 0 Å². The number of nitrogens with one attached hydrogen (secondary N) is 3. The zero-order valence-corrected chi connectivity index (χ0v) is 10.5. The lowest BCUT2D eigenvalue weighted by Crippen LogP contribution is -2.48. The van der Waals surface area contributed by atoms with Crippen LogP contribution in [0.1, 0.15) is 13.8 Å². The number of rotatable bonds is 1. The monoisotopic (exact) mass is 251 g/mol. The van der Waals surface area contributed by atoms with E-state index in [4.69, 9.17) is 0 Å². The van der Waals surface area contributed by atoms with Crippen LogP contribution >= 0.6 is 0 Å². The molecule has 2 unspecified atom stereocenters. The van der Waals surface area contributed by atoms with Crippen LogP contribution in [0.15, 0.2) is 9.59 Å². The molecule has 1 aromatic heterocycles. The second kappa shape index (κ2) is 3.68. The maximum Gasteiger partial charge on any atom is 0.342 e. The predicted octanol–water partition coefficient (Wildman–Crippen LogP) is -1.11. The van der Waals surface area contributed by atoms with Crippen molar-refractivity contribution in [3.63, 3.8) is 0 Å². The highest BCUT2D eigenvalue weighted by molar-refractivity contribution is 5.42. The third-order valence-electron chi connectivity index (χ3n) is 4.31. The molecule has 7 nitrogen and oxygen atoms in total. The van der Waals surface area contributed by atoms with Gasteiger partial charge in [0.05, 0.1) is 0 Å². The first kappa shape index (κ1) is 11.5. The summed E-state index contributed by atoms with van der Waals surface area (Å²) in [4.78, 5) is 27.1. The fourth-order valence-corrected chi connectivity index (χ4v) is 3.31. The number of hydrogen-bond acceptors (Lipinski definition) is 5. The van der Waals surface area contributed by atoms with Crippen LogP contribution in [-0.2, 0) is 0 Å². The molecule has 2 aliphatic heterocycles. The van der Waals surface area contributed by atoms with Crippen molar-refractivity contribution in [1.29, 1.82) is 0 Å². The van der Waals surface area contributed by atoms with Crippen LogP contribution in [-0.4, -0.2) is 40.4 Å². The third-order valence-corrected chi connectivity index (χ3v) is 4.31. The first-order valence-electron chi connectivity index (χ1n) is 6.17. The minimum absolute atomic E-state index is 0.133. The fourth-order valence-electron chi connectivity index (χ4n) is 3.31. The molecule has 0 bridgehead atoms. The summed E-state index contributed by atoms with van der Waals surface area (Å²) in [6.07, 6.45) is 0. The number of nitrogens with zero attached hydrogens (tertiary/aromatic N) is 2. The van der Waals surface area contributed by atoms with Gasteiger partial charge in [-0.05, 0) is 25.7 Å². The zero-order chi connectivity index (χ0) is 12.9. The van der Waals surface area contributed by atoms with Gasteiger partial charge in [-0.25, -0.2) is 9.89 Å². The molecule has 3 heterocycles. The number of fused-ring (bicyclic) bond motifs is 1. The first-order chi connectivity index (χ1) is 8.50. The third kappa shape index (κ3) is 1.50. The van der Waals surface area contributed by atoms with E-state index < -0.39 is 11.2 Å². The second-order valence-electron chi connectivity index (χ2n) is 5.62. The van der Waals surface area contributed by atoms with Gasteiger partial charge in [0, 0.05) is 25.2 Å². The maximum absolute atomic E-state index is 11.8. The number of aromatic amines is 2.